The Hall–Kier alpha value is -2.34. The van der Waals surface area contributed by atoms with Gasteiger partial charge in [0.1, 0.15) is 0 Å². The lowest BCUT2D eigenvalue weighted by atomic mass is 9.95. The van der Waals surface area contributed by atoms with Gasteiger partial charge in [-0.15, -0.1) is 0 Å². The van der Waals surface area contributed by atoms with Gasteiger partial charge in [-0.25, -0.2) is 0 Å². The van der Waals surface area contributed by atoms with Crippen LogP contribution in [-0.2, 0) is 0 Å². The van der Waals surface area contributed by atoms with Gasteiger partial charge in [-0.1, -0.05) is 30.1 Å². The second-order valence-electron chi connectivity index (χ2n) is 7.83. The number of hydrogen-bond donors (Lipinski definition) is 2. The highest BCUT2D eigenvalue weighted by Crippen LogP contribution is 2.29. The molecule has 2 aromatic rings. The minimum Gasteiger partial charge on any atom is -0.353 e. The molecule has 1 saturated heterocycles. The molecule has 1 amide bonds. The average Bonchev–Trinajstić information content (AvgIpc) is 2.77. The molecule has 1 fully saturated rings. The smallest absolute Gasteiger partial charge is 0.254 e. The number of benzene rings is 1. The topological polar surface area (TPSA) is 57.3 Å². The molecule has 0 radical (unpaired) electrons. The van der Waals surface area contributed by atoms with Gasteiger partial charge < -0.3 is 10.6 Å². The Balaban J connectivity index is 1.69. The van der Waals surface area contributed by atoms with Crippen LogP contribution in [-0.4, -0.2) is 34.7 Å². The summed E-state index contributed by atoms with van der Waals surface area (Å²) in [4.78, 5) is 19.6. The first-order valence-corrected chi connectivity index (χ1v) is 10.8. The lowest BCUT2D eigenvalue weighted by molar-refractivity contribution is 0.0392. The van der Waals surface area contributed by atoms with Crippen molar-refractivity contribution in [2.75, 3.05) is 13.1 Å². The molecule has 2 aliphatic heterocycles. The van der Waals surface area contributed by atoms with Crippen LogP contribution in [0.2, 0.25) is 10.0 Å². The summed E-state index contributed by atoms with van der Waals surface area (Å²) >= 11 is 12.2. The van der Waals surface area contributed by atoms with Crippen molar-refractivity contribution in [3.8, 4) is 0 Å². The third kappa shape index (κ3) is 4.38. The summed E-state index contributed by atoms with van der Waals surface area (Å²) in [7, 11) is 0. The van der Waals surface area contributed by atoms with Crippen molar-refractivity contribution < 1.29 is 4.79 Å². The van der Waals surface area contributed by atoms with Crippen molar-refractivity contribution in [3.63, 3.8) is 0 Å². The van der Waals surface area contributed by atoms with Crippen molar-refractivity contribution in [1.82, 2.24) is 20.5 Å². The summed E-state index contributed by atoms with van der Waals surface area (Å²) in [6, 6.07) is 8.84. The van der Waals surface area contributed by atoms with Gasteiger partial charge in [-0.2, -0.15) is 0 Å². The van der Waals surface area contributed by atoms with Crippen molar-refractivity contribution in [2.24, 2.45) is 5.92 Å². The van der Waals surface area contributed by atoms with Crippen molar-refractivity contribution in [3.05, 3.63) is 82.2 Å². The molecule has 1 aromatic carbocycles. The number of pyridine rings is 1. The average molecular weight is 443 g/mol. The number of nitrogens with zero attached hydrogens (tertiary/aromatic N) is 2. The van der Waals surface area contributed by atoms with Gasteiger partial charge in [-0.3, -0.25) is 14.7 Å². The number of halogens is 2. The number of rotatable bonds is 4. The SMILES string of the molecule is CC1CCN(C2(NC(=O)c3ccc(Cl)c(Cl)c3)C=C(c3ccncc3)C=CN2)CC1. The summed E-state index contributed by atoms with van der Waals surface area (Å²) in [6.07, 6.45) is 11.7. The third-order valence-electron chi connectivity index (χ3n) is 5.71. The molecule has 1 aromatic heterocycles. The van der Waals surface area contributed by atoms with Gasteiger partial charge >= 0.3 is 0 Å². The predicted molar refractivity (Wildman–Crippen MR) is 121 cm³/mol. The van der Waals surface area contributed by atoms with E-state index in [1.807, 2.05) is 24.4 Å². The standard InChI is InChI=1S/C23H24Cl2N4O/c1-16-7-12-29(13-8-16)23(28-22(30)18-2-3-20(24)21(25)14-18)15-19(6-11-27-23)17-4-9-26-10-5-17/h2-6,9-11,14-16,27H,7-8,12-13H2,1H3,(H,28,30). The van der Waals surface area contributed by atoms with E-state index in [2.05, 4.69) is 33.5 Å². The second kappa shape index (κ2) is 8.80. The lowest BCUT2D eigenvalue weighted by Gasteiger charge is -2.46. The number of piperidine rings is 1. The molecule has 3 heterocycles. The van der Waals surface area contributed by atoms with E-state index < -0.39 is 5.79 Å². The van der Waals surface area contributed by atoms with Crippen molar-refractivity contribution >= 4 is 34.7 Å². The fourth-order valence-corrected chi connectivity index (χ4v) is 4.17. The van der Waals surface area contributed by atoms with E-state index in [0.29, 0.717) is 21.5 Å². The molecule has 2 N–H and O–H groups in total. The van der Waals surface area contributed by atoms with E-state index in [-0.39, 0.29) is 5.91 Å². The van der Waals surface area contributed by atoms with Crippen molar-refractivity contribution in [2.45, 2.75) is 25.6 Å². The van der Waals surface area contributed by atoms with E-state index >= 15 is 0 Å². The molecule has 30 heavy (non-hydrogen) atoms. The van der Waals surface area contributed by atoms with Crippen LogP contribution in [0.3, 0.4) is 0 Å². The Labute approximate surface area is 186 Å². The first kappa shape index (κ1) is 20.9. The van der Waals surface area contributed by atoms with Crippen LogP contribution < -0.4 is 10.6 Å². The van der Waals surface area contributed by atoms with Crippen molar-refractivity contribution in [1.29, 1.82) is 0 Å². The third-order valence-corrected chi connectivity index (χ3v) is 6.45. The number of carbonyl (C=O) groups is 1. The number of nitrogens with one attached hydrogen (secondary N) is 2. The Bertz CT molecular complexity index is 984. The van der Waals surface area contributed by atoms with Crippen LogP contribution in [0.5, 0.6) is 0 Å². The van der Waals surface area contributed by atoms with Gasteiger partial charge in [0, 0.05) is 37.2 Å². The summed E-state index contributed by atoms with van der Waals surface area (Å²) in [5.74, 6) is -0.386. The highest BCUT2D eigenvalue weighted by molar-refractivity contribution is 6.42. The minimum atomic E-state index is -0.837. The molecular formula is C23H24Cl2N4O. The lowest BCUT2D eigenvalue weighted by Crippen LogP contribution is -2.68. The number of amides is 1. The molecule has 0 saturated carbocycles. The molecule has 0 bridgehead atoms. The summed E-state index contributed by atoms with van der Waals surface area (Å²) in [5, 5.41) is 7.40. The number of aromatic nitrogens is 1. The number of dihydropyridines is 1. The molecule has 4 rings (SSSR count). The molecule has 7 heteroatoms. The zero-order valence-electron chi connectivity index (χ0n) is 16.7. The van der Waals surface area contributed by atoms with E-state index in [4.69, 9.17) is 23.2 Å². The van der Waals surface area contributed by atoms with Crippen LogP contribution in [0.25, 0.3) is 5.57 Å². The molecule has 2 aliphatic rings. The molecule has 1 unspecified atom stereocenters. The monoisotopic (exact) mass is 442 g/mol. The summed E-state index contributed by atoms with van der Waals surface area (Å²) in [6.45, 7) is 4.03. The number of carbonyl (C=O) groups excluding carboxylic acids is 1. The van der Waals surface area contributed by atoms with Gasteiger partial charge in [0.05, 0.1) is 10.0 Å². The molecule has 0 aliphatic carbocycles. The van der Waals surface area contributed by atoms with Gasteiger partial charge in [0.25, 0.3) is 5.91 Å². The fourth-order valence-electron chi connectivity index (χ4n) is 3.87. The Kier molecular flexibility index (Phi) is 6.14. The van der Waals surface area contributed by atoms with Gasteiger partial charge in [0.15, 0.2) is 5.79 Å². The van der Waals surface area contributed by atoms with Crippen LogP contribution in [0.4, 0.5) is 0 Å². The van der Waals surface area contributed by atoms with Crippen LogP contribution in [0.15, 0.2) is 61.1 Å². The van der Waals surface area contributed by atoms with E-state index in [9.17, 15) is 4.79 Å². The number of hydrogen-bond acceptors (Lipinski definition) is 4. The maximum absolute atomic E-state index is 13.2. The maximum Gasteiger partial charge on any atom is 0.254 e. The normalized spacial score (nSPS) is 22.3. The van der Waals surface area contributed by atoms with Crippen LogP contribution >= 0.6 is 23.2 Å². The quantitative estimate of drug-likeness (QED) is 0.719. The Morgan fingerprint density at radius 1 is 1.17 bits per heavy atom. The molecule has 5 nitrogen and oxygen atoms in total. The second-order valence-corrected chi connectivity index (χ2v) is 8.65. The summed E-state index contributed by atoms with van der Waals surface area (Å²) in [5.41, 5.74) is 2.52. The summed E-state index contributed by atoms with van der Waals surface area (Å²) < 4.78 is 0. The van der Waals surface area contributed by atoms with Crippen LogP contribution in [0.1, 0.15) is 35.7 Å². The van der Waals surface area contributed by atoms with Crippen LogP contribution in [0, 0.1) is 5.92 Å². The molecular weight excluding hydrogens is 419 g/mol. The van der Waals surface area contributed by atoms with Gasteiger partial charge in [0.2, 0.25) is 0 Å². The number of likely N-dealkylation sites (tertiary alicyclic amines) is 1. The minimum absolute atomic E-state index is 0.222. The maximum atomic E-state index is 13.2. The first-order valence-electron chi connectivity index (χ1n) is 10.1. The van der Waals surface area contributed by atoms with E-state index in [0.717, 1.165) is 37.1 Å². The zero-order valence-corrected chi connectivity index (χ0v) is 18.2. The van der Waals surface area contributed by atoms with E-state index in [1.54, 1.807) is 30.6 Å². The highest BCUT2D eigenvalue weighted by atomic mass is 35.5. The largest absolute Gasteiger partial charge is 0.353 e. The first-order chi connectivity index (χ1) is 14.5. The predicted octanol–water partition coefficient (Wildman–Crippen LogP) is 4.70. The fraction of sp³-hybridized carbons (Fsp3) is 0.304. The zero-order chi connectivity index (χ0) is 21.1. The molecule has 156 valence electrons. The Morgan fingerprint density at radius 3 is 2.60 bits per heavy atom. The highest BCUT2D eigenvalue weighted by Gasteiger charge is 2.39. The van der Waals surface area contributed by atoms with E-state index in [1.165, 1.54) is 0 Å². The Morgan fingerprint density at radius 2 is 1.90 bits per heavy atom. The van der Waals surface area contributed by atoms with Gasteiger partial charge in [-0.05, 0) is 72.4 Å². The molecule has 1 atom stereocenters. The number of allylic oxidation sites excluding steroid dienone is 2. The molecule has 0 spiro atoms.